The molecule has 8 heteroatoms. The number of carbonyl (C=O) groups is 2. The minimum Gasteiger partial charge on any atom is -0.361 e. The summed E-state index contributed by atoms with van der Waals surface area (Å²) in [6.45, 7) is 6.67. The van der Waals surface area contributed by atoms with E-state index in [4.69, 9.17) is 4.52 Å². The van der Waals surface area contributed by atoms with Crippen molar-refractivity contribution in [3.05, 3.63) is 41.3 Å². The topological polar surface area (TPSA) is 101 Å². The van der Waals surface area contributed by atoms with Gasteiger partial charge in [0.25, 0.3) is 5.91 Å². The van der Waals surface area contributed by atoms with Gasteiger partial charge in [-0.2, -0.15) is 0 Å². The first-order chi connectivity index (χ1) is 12.8. The van der Waals surface area contributed by atoms with E-state index < -0.39 is 5.41 Å². The highest BCUT2D eigenvalue weighted by atomic mass is 16.5. The molecule has 1 aliphatic rings. The summed E-state index contributed by atoms with van der Waals surface area (Å²) in [4.78, 5) is 35.4. The molecule has 144 valence electrons. The molecule has 1 saturated heterocycles. The average Bonchev–Trinajstić information content (AvgIpc) is 3.29. The van der Waals surface area contributed by atoms with Crippen LogP contribution in [0.1, 0.15) is 53.8 Å². The minimum absolute atomic E-state index is 0.102. The van der Waals surface area contributed by atoms with Crippen LogP contribution >= 0.6 is 0 Å². The summed E-state index contributed by atoms with van der Waals surface area (Å²) in [6.07, 6.45) is 3.99. The van der Waals surface area contributed by atoms with Crippen LogP contribution < -0.4 is 5.32 Å². The molecule has 1 atom stereocenters. The van der Waals surface area contributed by atoms with Gasteiger partial charge >= 0.3 is 0 Å². The second-order valence-electron chi connectivity index (χ2n) is 7.43. The summed E-state index contributed by atoms with van der Waals surface area (Å²) in [7, 11) is 1.61. The number of amides is 2. The summed E-state index contributed by atoms with van der Waals surface area (Å²) < 4.78 is 5.45. The number of rotatable bonds is 5. The molecule has 0 spiro atoms. The van der Waals surface area contributed by atoms with Crippen molar-refractivity contribution in [1.29, 1.82) is 0 Å². The lowest BCUT2D eigenvalue weighted by Crippen LogP contribution is -2.44. The Morgan fingerprint density at radius 2 is 2.11 bits per heavy atom. The lowest BCUT2D eigenvalue weighted by atomic mass is 9.81. The third-order valence-corrected chi connectivity index (χ3v) is 5.03. The van der Waals surface area contributed by atoms with Gasteiger partial charge in [-0.25, -0.2) is 4.98 Å². The molecule has 1 fully saturated rings. The predicted octanol–water partition coefficient (Wildman–Crippen LogP) is 1.72. The number of nitrogens with zero attached hydrogens (tertiary/aromatic N) is 4. The van der Waals surface area contributed by atoms with E-state index in [-0.39, 0.29) is 23.4 Å². The SMILES string of the molecule is CNC(=O)[C@]1(Cc2cc(C(C)C)no2)CCN(C(=O)c2cnc(C)cn2)C1. The van der Waals surface area contributed by atoms with Gasteiger partial charge in [-0.3, -0.25) is 14.6 Å². The number of aromatic nitrogens is 3. The van der Waals surface area contributed by atoms with E-state index >= 15 is 0 Å². The number of hydrogen-bond donors (Lipinski definition) is 1. The van der Waals surface area contributed by atoms with Gasteiger partial charge in [0.05, 0.1) is 23.0 Å². The van der Waals surface area contributed by atoms with Crippen LogP contribution in [0.15, 0.2) is 23.0 Å². The molecule has 3 rings (SSSR count). The number of nitrogens with one attached hydrogen (secondary N) is 1. The standard InChI is InChI=1S/C19H25N5O3/c1-12(2)15-7-14(27-23-15)8-19(18(26)20-4)5-6-24(11-19)17(25)16-10-21-13(3)9-22-16/h7,9-10,12H,5-6,8,11H2,1-4H3,(H,20,26)/t19-/m0/s1. The lowest BCUT2D eigenvalue weighted by molar-refractivity contribution is -0.130. The van der Waals surface area contributed by atoms with Gasteiger partial charge in [-0.05, 0) is 19.3 Å². The molecule has 0 bridgehead atoms. The Morgan fingerprint density at radius 1 is 1.33 bits per heavy atom. The highest BCUT2D eigenvalue weighted by molar-refractivity contribution is 5.93. The van der Waals surface area contributed by atoms with E-state index in [9.17, 15) is 9.59 Å². The molecule has 0 unspecified atom stereocenters. The second-order valence-corrected chi connectivity index (χ2v) is 7.43. The van der Waals surface area contributed by atoms with Crippen LogP contribution in [0.4, 0.5) is 0 Å². The fourth-order valence-electron chi connectivity index (χ4n) is 3.40. The first-order valence-corrected chi connectivity index (χ1v) is 9.10. The smallest absolute Gasteiger partial charge is 0.274 e. The number of hydrogen-bond acceptors (Lipinski definition) is 6. The molecule has 2 aromatic heterocycles. The monoisotopic (exact) mass is 371 g/mol. The largest absolute Gasteiger partial charge is 0.361 e. The third kappa shape index (κ3) is 3.84. The molecule has 0 aliphatic carbocycles. The Labute approximate surface area is 158 Å². The van der Waals surface area contributed by atoms with Gasteiger partial charge in [0.1, 0.15) is 11.5 Å². The van der Waals surface area contributed by atoms with Crippen LogP contribution in [-0.2, 0) is 11.2 Å². The third-order valence-electron chi connectivity index (χ3n) is 5.03. The van der Waals surface area contributed by atoms with Gasteiger partial charge in [-0.15, -0.1) is 0 Å². The van der Waals surface area contributed by atoms with Gasteiger partial charge in [0.15, 0.2) is 0 Å². The molecule has 0 saturated carbocycles. The maximum atomic E-state index is 12.8. The molecule has 27 heavy (non-hydrogen) atoms. The molecule has 0 aromatic carbocycles. The van der Waals surface area contributed by atoms with Crippen LogP contribution in [0.3, 0.4) is 0 Å². The Morgan fingerprint density at radius 3 is 2.70 bits per heavy atom. The Hall–Kier alpha value is -2.77. The van der Waals surface area contributed by atoms with Crippen molar-refractivity contribution in [3.8, 4) is 0 Å². The quantitative estimate of drug-likeness (QED) is 0.859. The fraction of sp³-hybridized carbons (Fsp3) is 0.526. The highest BCUT2D eigenvalue weighted by Gasteiger charge is 2.46. The molecule has 2 amide bonds. The molecule has 1 aliphatic heterocycles. The van der Waals surface area contributed by atoms with Crippen LogP contribution in [0.25, 0.3) is 0 Å². The van der Waals surface area contributed by atoms with E-state index in [1.807, 2.05) is 26.8 Å². The zero-order valence-electron chi connectivity index (χ0n) is 16.2. The molecule has 2 aromatic rings. The summed E-state index contributed by atoms with van der Waals surface area (Å²) in [5.74, 6) is 0.593. The Kier molecular flexibility index (Phi) is 5.25. The minimum atomic E-state index is -0.740. The fourth-order valence-corrected chi connectivity index (χ4v) is 3.40. The van der Waals surface area contributed by atoms with Gasteiger partial charge < -0.3 is 14.7 Å². The summed E-state index contributed by atoms with van der Waals surface area (Å²) in [6, 6.07) is 1.89. The van der Waals surface area contributed by atoms with E-state index in [0.717, 1.165) is 11.4 Å². The first-order valence-electron chi connectivity index (χ1n) is 9.10. The predicted molar refractivity (Wildman–Crippen MR) is 98.1 cm³/mol. The van der Waals surface area contributed by atoms with Crippen molar-refractivity contribution in [2.75, 3.05) is 20.1 Å². The molecule has 1 N–H and O–H groups in total. The van der Waals surface area contributed by atoms with Crippen molar-refractivity contribution in [3.63, 3.8) is 0 Å². The number of carbonyl (C=O) groups excluding carboxylic acids is 2. The van der Waals surface area contributed by atoms with Crippen LogP contribution in [0.2, 0.25) is 0 Å². The summed E-state index contributed by atoms with van der Waals surface area (Å²) in [5, 5.41) is 6.82. The lowest BCUT2D eigenvalue weighted by Gasteiger charge is -2.26. The average molecular weight is 371 g/mol. The highest BCUT2D eigenvalue weighted by Crippen LogP contribution is 2.35. The molecule has 8 nitrogen and oxygen atoms in total. The van der Waals surface area contributed by atoms with E-state index in [2.05, 4.69) is 20.4 Å². The maximum absolute atomic E-state index is 12.8. The summed E-state index contributed by atoms with van der Waals surface area (Å²) >= 11 is 0. The normalized spacial score (nSPS) is 19.5. The van der Waals surface area contributed by atoms with E-state index in [0.29, 0.717) is 31.7 Å². The zero-order valence-corrected chi connectivity index (χ0v) is 16.2. The van der Waals surface area contributed by atoms with Crippen molar-refractivity contribution in [2.45, 2.75) is 39.5 Å². The molecular formula is C19H25N5O3. The maximum Gasteiger partial charge on any atom is 0.274 e. The second kappa shape index (κ2) is 7.46. The molecule has 3 heterocycles. The Bertz CT molecular complexity index is 830. The number of aryl methyl sites for hydroxylation is 1. The van der Waals surface area contributed by atoms with E-state index in [1.165, 1.54) is 6.20 Å². The van der Waals surface area contributed by atoms with E-state index in [1.54, 1.807) is 18.1 Å². The van der Waals surface area contributed by atoms with Gasteiger partial charge in [0, 0.05) is 38.8 Å². The molecular weight excluding hydrogens is 346 g/mol. The van der Waals surface area contributed by atoms with Crippen LogP contribution in [-0.4, -0.2) is 52.0 Å². The van der Waals surface area contributed by atoms with Crippen molar-refractivity contribution >= 4 is 11.8 Å². The van der Waals surface area contributed by atoms with Crippen molar-refractivity contribution < 1.29 is 14.1 Å². The first kappa shape index (κ1) is 19.0. The molecule has 0 radical (unpaired) electrons. The zero-order chi connectivity index (χ0) is 19.6. The van der Waals surface area contributed by atoms with Crippen molar-refractivity contribution in [2.24, 2.45) is 5.41 Å². The number of likely N-dealkylation sites (tertiary alicyclic amines) is 1. The summed E-state index contributed by atoms with van der Waals surface area (Å²) in [5.41, 5.74) is 1.16. The van der Waals surface area contributed by atoms with Crippen LogP contribution in [0.5, 0.6) is 0 Å². The van der Waals surface area contributed by atoms with Gasteiger partial charge in [0.2, 0.25) is 5.91 Å². The van der Waals surface area contributed by atoms with Gasteiger partial charge in [-0.1, -0.05) is 19.0 Å². The van der Waals surface area contributed by atoms with Crippen molar-refractivity contribution in [1.82, 2.24) is 25.3 Å². The Balaban J connectivity index is 1.80. The van der Waals surface area contributed by atoms with Crippen LogP contribution in [0, 0.1) is 12.3 Å².